The number of nitrogens with zero attached hydrogens (tertiary/aromatic N) is 2. The monoisotopic (exact) mass is 330 g/mol. The highest BCUT2D eigenvalue weighted by Crippen LogP contribution is 2.20. The van der Waals surface area contributed by atoms with Gasteiger partial charge in [0.05, 0.1) is 13.0 Å². The summed E-state index contributed by atoms with van der Waals surface area (Å²) < 4.78 is 5.95. The van der Waals surface area contributed by atoms with Crippen molar-refractivity contribution in [1.29, 1.82) is 0 Å². The maximum absolute atomic E-state index is 12.5. The van der Waals surface area contributed by atoms with Crippen molar-refractivity contribution in [1.82, 2.24) is 9.88 Å². The first-order chi connectivity index (χ1) is 11.2. The summed E-state index contributed by atoms with van der Waals surface area (Å²) in [6.07, 6.45) is 5.68. The number of likely N-dealkylation sites (tertiary alicyclic amines) is 1. The maximum Gasteiger partial charge on any atom is 0.227 e. The Balaban J connectivity index is 1.59. The molecule has 0 N–H and O–H groups in total. The molecule has 1 amide bonds. The molecule has 1 saturated heterocycles. The fourth-order valence-corrected chi connectivity index (χ4v) is 2.99. The Morgan fingerprint density at radius 1 is 1.26 bits per heavy atom. The van der Waals surface area contributed by atoms with Crippen molar-refractivity contribution in [2.24, 2.45) is 0 Å². The van der Waals surface area contributed by atoms with Gasteiger partial charge in [-0.15, -0.1) is 0 Å². The normalized spacial score (nSPS) is 17.8. The number of amides is 1. The molecule has 1 aromatic carbocycles. The standard InChI is InChI=1S/C18H19ClN2O2/c19-17-6-2-1-4-14(17)12-18(22)21-11-3-5-16(13-21)23-15-7-9-20-10-8-15/h1-2,4,6-10,16H,3,5,11-13H2. The summed E-state index contributed by atoms with van der Waals surface area (Å²) in [5.41, 5.74) is 0.872. The van der Waals surface area contributed by atoms with Crippen LogP contribution in [-0.4, -0.2) is 35.0 Å². The lowest BCUT2D eigenvalue weighted by Gasteiger charge is -2.33. The summed E-state index contributed by atoms with van der Waals surface area (Å²) in [5.74, 6) is 0.895. The van der Waals surface area contributed by atoms with Gasteiger partial charge < -0.3 is 9.64 Å². The molecule has 4 nitrogen and oxygen atoms in total. The third kappa shape index (κ3) is 4.23. The molecule has 1 unspecified atom stereocenters. The van der Waals surface area contributed by atoms with Crippen LogP contribution in [0.1, 0.15) is 18.4 Å². The first-order valence-corrected chi connectivity index (χ1v) is 8.18. The summed E-state index contributed by atoms with van der Waals surface area (Å²) >= 11 is 6.14. The van der Waals surface area contributed by atoms with Crippen molar-refractivity contribution in [3.05, 3.63) is 59.4 Å². The minimum atomic E-state index is 0.0290. The van der Waals surface area contributed by atoms with Crippen LogP contribution in [0.3, 0.4) is 0 Å². The van der Waals surface area contributed by atoms with Crippen molar-refractivity contribution in [2.75, 3.05) is 13.1 Å². The van der Waals surface area contributed by atoms with Crippen LogP contribution in [-0.2, 0) is 11.2 Å². The zero-order valence-corrected chi connectivity index (χ0v) is 13.6. The van der Waals surface area contributed by atoms with Crippen molar-refractivity contribution in [3.8, 4) is 5.75 Å². The van der Waals surface area contributed by atoms with E-state index in [1.165, 1.54) is 0 Å². The molecule has 0 radical (unpaired) electrons. The van der Waals surface area contributed by atoms with Crippen LogP contribution in [0.5, 0.6) is 5.75 Å². The highest BCUT2D eigenvalue weighted by molar-refractivity contribution is 6.31. The molecule has 3 rings (SSSR count). The van der Waals surface area contributed by atoms with Crippen LogP contribution in [0.2, 0.25) is 5.02 Å². The Bertz CT molecular complexity index is 663. The largest absolute Gasteiger partial charge is 0.488 e. The smallest absolute Gasteiger partial charge is 0.227 e. The number of hydrogen-bond donors (Lipinski definition) is 0. The zero-order valence-electron chi connectivity index (χ0n) is 12.8. The average molecular weight is 331 g/mol. The van der Waals surface area contributed by atoms with Gasteiger partial charge in [-0.3, -0.25) is 9.78 Å². The van der Waals surface area contributed by atoms with Gasteiger partial charge in [-0.25, -0.2) is 0 Å². The van der Waals surface area contributed by atoms with E-state index in [4.69, 9.17) is 16.3 Å². The molecule has 5 heteroatoms. The van der Waals surface area contributed by atoms with Gasteiger partial charge in [-0.05, 0) is 36.6 Å². The summed E-state index contributed by atoms with van der Waals surface area (Å²) in [6.45, 7) is 1.39. The Labute approximate surface area is 141 Å². The SMILES string of the molecule is O=C(Cc1ccccc1Cl)N1CCCC(Oc2ccncc2)C1. The van der Waals surface area contributed by atoms with E-state index < -0.39 is 0 Å². The number of hydrogen-bond acceptors (Lipinski definition) is 3. The Morgan fingerprint density at radius 3 is 2.83 bits per heavy atom. The molecule has 1 fully saturated rings. The minimum absolute atomic E-state index is 0.0290. The number of pyridine rings is 1. The zero-order chi connectivity index (χ0) is 16.1. The lowest BCUT2D eigenvalue weighted by molar-refractivity contribution is -0.133. The van der Waals surface area contributed by atoms with Gasteiger partial charge in [0.25, 0.3) is 0 Å². The number of piperidine rings is 1. The fourth-order valence-electron chi connectivity index (χ4n) is 2.79. The lowest BCUT2D eigenvalue weighted by atomic mass is 10.1. The van der Waals surface area contributed by atoms with Crippen LogP contribution < -0.4 is 4.74 Å². The molecule has 0 bridgehead atoms. The van der Waals surface area contributed by atoms with E-state index in [9.17, 15) is 4.79 Å². The van der Waals surface area contributed by atoms with E-state index in [-0.39, 0.29) is 12.0 Å². The van der Waals surface area contributed by atoms with Gasteiger partial charge >= 0.3 is 0 Å². The number of ether oxygens (including phenoxy) is 1. The van der Waals surface area contributed by atoms with E-state index in [2.05, 4.69) is 4.98 Å². The number of carbonyl (C=O) groups is 1. The highest BCUT2D eigenvalue weighted by Gasteiger charge is 2.25. The third-order valence-corrected chi connectivity index (χ3v) is 4.35. The minimum Gasteiger partial charge on any atom is -0.488 e. The van der Waals surface area contributed by atoms with Gasteiger partial charge in [0.15, 0.2) is 0 Å². The van der Waals surface area contributed by atoms with Crippen LogP contribution in [0.25, 0.3) is 0 Å². The Morgan fingerprint density at radius 2 is 2.04 bits per heavy atom. The second kappa shape index (κ2) is 7.47. The summed E-state index contributed by atoms with van der Waals surface area (Å²) in [7, 11) is 0. The second-order valence-electron chi connectivity index (χ2n) is 5.67. The molecule has 2 aromatic rings. The second-order valence-corrected chi connectivity index (χ2v) is 6.08. The quantitative estimate of drug-likeness (QED) is 0.863. The number of carbonyl (C=O) groups excluding carboxylic acids is 1. The van der Waals surface area contributed by atoms with E-state index >= 15 is 0 Å². The van der Waals surface area contributed by atoms with Crippen LogP contribution in [0, 0.1) is 0 Å². The Kier molecular flexibility index (Phi) is 5.13. The molecule has 120 valence electrons. The molecule has 1 aliphatic rings. The molecule has 1 atom stereocenters. The molecular weight excluding hydrogens is 312 g/mol. The van der Waals surface area contributed by atoms with Crippen molar-refractivity contribution >= 4 is 17.5 Å². The van der Waals surface area contributed by atoms with E-state index in [0.717, 1.165) is 30.7 Å². The van der Waals surface area contributed by atoms with Crippen molar-refractivity contribution < 1.29 is 9.53 Å². The van der Waals surface area contributed by atoms with Gasteiger partial charge in [-0.2, -0.15) is 0 Å². The molecule has 0 spiro atoms. The number of halogens is 1. The van der Waals surface area contributed by atoms with Crippen LogP contribution >= 0.6 is 11.6 Å². The van der Waals surface area contributed by atoms with Gasteiger partial charge in [0.1, 0.15) is 11.9 Å². The summed E-state index contributed by atoms with van der Waals surface area (Å²) in [5, 5.41) is 0.641. The average Bonchev–Trinajstić information content (AvgIpc) is 2.58. The van der Waals surface area contributed by atoms with Gasteiger partial charge in [0, 0.05) is 24.0 Å². The van der Waals surface area contributed by atoms with Gasteiger partial charge in [0.2, 0.25) is 5.91 Å². The highest BCUT2D eigenvalue weighted by atomic mass is 35.5. The molecule has 1 aromatic heterocycles. The predicted molar refractivity (Wildman–Crippen MR) is 89.6 cm³/mol. The lowest BCUT2D eigenvalue weighted by Crippen LogP contribution is -2.45. The van der Waals surface area contributed by atoms with Crippen molar-refractivity contribution in [2.45, 2.75) is 25.4 Å². The first-order valence-electron chi connectivity index (χ1n) is 7.80. The first kappa shape index (κ1) is 15.8. The molecule has 1 aliphatic heterocycles. The van der Waals surface area contributed by atoms with Crippen LogP contribution in [0.4, 0.5) is 0 Å². The maximum atomic E-state index is 12.5. The van der Waals surface area contributed by atoms with Crippen molar-refractivity contribution in [3.63, 3.8) is 0 Å². The number of rotatable bonds is 4. The molecule has 0 saturated carbocycles. The summed E-state index contributed by atoms with van der Waals surface area (Å²) in [4.78, 5) is 18.4. The van der Waals surface area contributed by atoms with E-state index in [1.54, 1.807) is 12.4 Å². The third-order valence-electron chi connectivity index (χ3n) is 3.98. The van der Waals surface area contributed by atoms with E-state index in [1.807, 2.05) is 41.3 Å². The molecule has 23 heavy (non-hydrogen) atoms. The summed E-state index contributed by atoms with van der Waals surface area (Å²) in [6, 6.07) is 11.2. The Hall–Kier alpha value is -2.07. The molecular formula is C18H19ClN2O2. The molecule has 2 heterocycles. The number of benzene rings is 1. The van der Waals surface area contributed by atoms with E-state index in [0.29, 0.717) is 18.0 Å². The fraction of sp³-hybridized carbons (Fsp3) is 0.333. The number of aromatic nitrogens is 1. The topological polar surface area (TPSA) is 42.4 Å². The van der Waals surface area contributed by atoms with Gasteiger partial charge in [-0.1, -0.05) is 29.8 Å². The van der Waals surface area contributed by atoms with Crippen LogP contribution in [0.15, 0.2) is 48.8 Å². The molecule has 0 aliphatic carbocycles. The predicted octanol–water partition coefficient (Wildman–Crippen LogP) is 3.35.